The van der Waals surface area contributed by atoms with E-state index in [0.29, 0.717) is 0 Å². The maximum Gasteiger partial charge on any atom is 0.333 e. The van der Waals surface area contributed by atoms with Crippen LogP contribution < -0.4 is 20.6 Å². The normalized spacial score (nSPS) is 15.5. The number of rotatable bonds is 4. The van der Waals surface area contributed by atoms with Crippen LogP contribution in [-0.4, -0.2) is 11.4 Å². The fourth-order valence-corrected chi connectivity index (χ4v) is 15.2. The minimum Gasteiger partial charge on any atom is -0.376 e. The first kappa shape index (κ1) is 54.4. The summed E-state index contributed by atoms with van der Waals surface area (Å²) in [4.78, 5) is 5.26. The van der Waals surface area contributed by atoms with Gasteiger partial charge < -0.3 is 14.3 Å². The minimum atomic E-state index is -0.296. The van der Waals surface area contributed by atoms with Crippen molar-refractivity contribution in [2.24, 2.45) is 0 Å². The summed E-state index contributed by atoms with van der Waals surface area (Å²) < 4.78 is 2.70. The molecule has 14 rings (SSSR count). The molecule has 0 saturated heterocycles. The molecule has 0 unspecified atom stereocenters. The number of nitrogens with zero attached hydrogens (tertiary/aromatic N) is 3. The van der Waals surface area contributed by atoms with Gasteiger partial charge in [-0.05, 0) is 195 Å². The Kier molecular flexibility index (Phi) is 11.3. The summed E-state index contributed by atoms with van der Waals surface area (Å²) in [7, 11) is 0. The van der Waals surface area contributed by atoms with Crippen LogP contribution in [0.5, 0.6) is 0 Å². The van der Waals surface area contributed by atoms with Gasteiger partial charge >= 0.3 is 6.85 Å². The molecular weight excluding hydrogens is 1010 g/mol. The van der Waals surface area contributed by atoms with Crippen molar-refractivity contribution >= 4 is 68.0 Å². The van der Waals surface area contributed by atoms with Gasteiger partial charge in [-0.1, -0.05) is 216 Å². The van der Waals surface area contributed by atoms with E-state index in [0.717, 1.165) is 17.1 Å². The number of hydrogen-bond acceptors (Lipinski definition) is 2. The SMILES string of the molecule is CC(C)(C)c1ccc(N2B3c4cc(C(C)(C)C)ccc4-n4c5ccc(C(C)(C)C)cc5c5c6c(c(c3c54)-c3cc4c(cc32)-c2cc(N(c3ccc(C(C)(C)C)cc3)c3ccc(C(C)(C)C)cc3)ccc2C4(C)C)-c2ccccc2C6(C)C)cc1. The second-order valence-electron chi connectivity index (χ2n) is 31.5. The van der Waals surface area contributed by atoms with Crippen molar-refractivity contribution in [3.05, 3.63) is 214 Å². The molecule has 1 aromatic heterocycles. The lowest BCUT2D eigenvalue weighted by molar-refractivity contribution is 0.590. The Hall–Kier alpha value is -7.56. The molecule has 9 aromatic carbocycles. The van der Waals surface area contributed by atoms with Crippen LogP contribution in [0.3, 0.4) is 0 Å². The number of benzene rings is 9. The van der Waals surface area contributed by atoms with Crippen molar-refractivity contribution in [3.63, 3.8) is 0 Å². The summed E-state index contributed by atoms with van der Waals surface area (Å²) in [6.07, 6.45) is 0. The fourth-order valence-electron chi connectivity index (χ4n) is 15.2. The molecule has 4 heteroatoms. The van der Waals surface area contributed by atoms with E-state index in [1.807, 2.05) is 0 Å². The van der Waals surface area contributed by atoms with Crippen LogP contribution in [0, 0.1) is 0 Å². The number of anilines is 5. The van der Waals surface area contributed by atoms with E-state index in [9.17, 15) is 0 Å². The Balaban J connectivity index is 1.11. The van der Waals surface area contributed by atoms with E-state index in [4.69, 9.17) is 0 Å². The highest BCUT2D eigenvalue weighted by Crippen LogP contribution is 2.61. The summed E-state index contributed by atoms with van der Waals surface area (Å²) in [5.74, 6) is 0. The van der Waals surface area contributed by atoms with E-state index < -0.39 is 0 Å². The third-order valence-electron chi connectivity index (χ3n) is 20.1. The molecule has 0 N–H and O–H groups in total. The highest BCUT2D eigenvalue weighted by Gasteiger charge is 2.51. The van der Waals surface area contributed by atoms with Crippen molar-refractivity contribution in [1.82, 2.24) is 4.57 Å². The van der Waals surface area contributed by atoms with Gasteiger partial charge in [0.25, 0.3) is 0 Å². The topological polar surface area (TPSA) is 11.4 Å². The monoisotopic (exact) mass is 1100 g/mol. The average molecular weight is 1100 g/mol. The van der Waals surface area contributed by atoms with E-state index in [1.54, 1.807) is 0 Å². The van der Waals surface area contributed by atoms with Crippen molar-refractivity contribution in [2.75, 3.05) is 9.71 Å². The molecule has 0 bridgehead atoms. The molecule has 0 atom stereocenters. The van der Waals surface area contributed by atoms with Crippen molar-refractivity contribution in [3.8, 4) is 39.1 Å². The zero-order chi connectivity index (χ0) is 59.5. The predicted octanol–water partition coefficient (Wildman–Crippen LogP) is 20.6. The molecule has 0 spiro atoms. The Labute approximate surface area is 501 Å². The molecule has 2 aliphatic carbocycles. The molecule has 84 heavy (non-hydrogen) atoms. The second-order valence-corrected chi connectivity index (χ2v) is 31.5. The third-order valence-corrected chi connectivity index (χ3v) is 20.1. The van der Waals surface area contributed by atoms with Gasteiger partial charge in [-0.25, -0.2) is 0 Å². The molecule has 0 radical (unpaired) electrons. The molecule has 10 aromatic rings. The van der Waals surface area contributed by atoms with Crippen LogP contribution in [0.2, 0.25) is 0 Å². The van der Waals surface area contributed by atoms with Crippen LogP contribution in [0.25, 0.3) is 60.9 Å². The second kappa shape index (κ2) is 17.5. The third kappa shape index (κ3) is 7.83. The molecule has 3 heterocycles. The van der Waals surface area contributed by atoms with Gasteiger partial charge in [-0.3, -0.25) is 0 Å². The Morgan fingerprint density at radius 2 is 0.893 bits per heavy atom. The first-order chi connectivity index (χ1) is 39.3. The summed E-state index contributed by atoms with van der Waals surface area (Å²) in [5.41, 5.74) is 32.3. The van der Waals surface area contributed by atoms with Crippen molar-refractivity contribution in [2.45, 2.75) is 169 Å². The van der Waals surface area contributed by atoms with Crippen molar-refractivity contribution < 1.29 is 0 Å². The quantitative estimate of drug-likeness (QED) is 0.163. The molecule has 4 aliphatic rings. The Bertz CT molecular complexity index is 4350. The molecule has 2 aliphatic heterocycles. The largest absolute Gasteiger partial charge is 0.376 e. The van der Waals surface area contributed by atoms with Crippen molar-refractivity contribution in [1.29, 1.82) is 0 Å². The van der Waals surface area contributed by atoms with Crippen LogP contribution in [-0.2, 0) is 37.9 Å². The molecule has 422 valence electrons. The number of fused-ring (bicyclic) bond motifs is 16. The van der Waals surface area contributed by atoms with Crippen LogP contribution in [0.15, 0.2) is 164 Å². The average Bonchev–Trinajstić information content (AvgIpc) is 1.43. The van der Waals surface area contributed by atoms with Gasteiger partial charge in [-0.15, -0.1) is 0 Å². The molecule has 3 nitrogen and oxygen atoms in total. The van der Waals surface area contributed by atoms with Crippen LogP contribution in [0.4, 0.5) is 28.4 Å². The standard InChI is InChI=1S/C80H84BN3/c1-74(2,3)47-24-32-52(33-25-47)82(53-34-26-48(27-35-53)75(4,5)6)55-38-39-62-57(44-55)58-46-67-60(45-63(58)79(62,16)17)69-68-56-22-20-21-23-61(56)80(18,19)71(68)70-59-42-50(77(10,11)12)30-40-65(59)83-66-41-31-51(78(13,14)15)43-64(66)81(72(69)73(70)83)84(67)54-36-28-49(29-37-54)76(7,8)9/h20-46H,1-19H3. The molecular formula is C80H84BN3. The summed E-state index contributed by atoms with van der Waals surface area (Å²) in [5, 5.41) is 2.75. The first-order valence-corrected chi connectivity index (χ1v) is 31.0. The molecule has 0 amide bonds. The summed E-state index contributed by atoms with van der Waals surface area (Å²) in [6, 6.07) is 65.2. The maximum atomic E-state index is 2.78. The predicted molar refractivity (Wildman–Crippen MR) is 363 cm³/mol. The number of hydrogen-bond donors (Lipinski definition) is 0. The lowest BCUT2D eigenvalue weighted by Crippen LogP contribution is -2.61. The van der Waals surface area contributed by atoms with Gasteiger partial charge in [-0.2, -0.15) is 0 Å². The Morgan fingerprint density at radius 3 is 1.48 bits per heavy atom. The smallest absolute Gasteiger partial charge is 0.333 e. The van der Waals surface area contributed by atoms with Gasteiger partial charge in [0.05, 0.1) is 11.0 Å². The van der Waals surface area contributed by atoms with Crippen LogP contribution >= 0.6 is 0 Å². The van der Waals surface area contributed by atoms with Gasteiger partial charge in [0.15, 0.2) is 0 Å². The van der Waals surface area contributed by atoms with E-state index in [2.05, 4.69) is 310 Å². The summed E-state index contributed by atoms with van der Waals surface area (Å²) in [6.45, 7) is 44.8. The lowest BCUT2D eigenvalue weighted by atomic mass is 9.43. The Morgan fingerprint density at radius 1 is 0.393 bits per heavy atom. The molecule has 0 saturated carbocycles. The van der Waals surface area contributed by atoms with E-state index in [1.165, 1.54) is 133 Å². The summed E-state index contributed by atoms with van der Waals surface area (Å²) >= 11 is 0. The minimum absolute atomic E-state index is 0.00525. The highest BCUT2D eigenvalue weighted by molar-refractivity contribution is 6.94. The van der Waals surface area contributed by atoms with Crippen LogP contribution in [0.1, 0.15) is 182 Å². The zero-order valence-corrected chi connectivity index (χ0v) is 53.5. The number of aromatic nitrogens is 1. The molecule has 0 fully saturated rings. The van der Waals surface area contributed by atoms with E-state index >= 15 is 0 Å². The zero-order valence-electron chi connectivity index (χ0n) is 53.5. The van der Waals surface area contributed by atoms with Gasteiger partial charge in [0.2, 0.25) is 0 Å². The lowest BCUT2D eigenvalue weighted by Gasteiger charge is -2.44. The van der Waals surface area contributed by atoms with Gasteiger partial charge in [0.1, 0.15) is 0 Å². The van der Waals surface area contributed by atoms with Gasteiger partial charge in [0, 0.05) is 61.3 Å². The first-order valence-electron chi connectivity index (χ1n) is 31.0. The highest BCUT2D eigenvalue weighted by atomic mass is 15.1. The van der Waals surface area contributed by atoms with E-state index in [-0.39, 0.29) is 44.8 Å². The maximum absolute atomic E-state index is 2.78. The fraction of sp³-hybridized carbons (Fsp3) is 0.325.